The zero-order valence-electron chi connectivity index (χ0n) is 21.0. The summed E-state index contributed by atoms with van der Waals surface area (Å²) in [7, 11) is 0.550. The molecule has 0 spiro atoms. The zero-order chi connectivity index (χ0) is 25.3. The Morgan fingerprint density at radius 1 is 0.514 bits per heavy atom. The van der Waals surface area contributed by atoms with Gasteiger partial charge in [-0.2, -0.15) is 0 Å². The molecule has 4 heteroatoms. The number of likely N-dealkylation sites (N-methyl/N-ethyl adjacent to an activating group) is 1. The van der Waals surface area contributed by atoms with E-state index in [4.69, 9.17) is 4.52 Å². The smallest absolute Gasteiger partial charge is 0.0918 e. The third-order valence-electron chi connectivity index (χ3n) is 6.30. The molecule has 0 aliphatic rings. The summed E-state index contributed by atoms with van der Waals surface area (Å²) >= 11 is 0. The third-order valence-corrected chi connectivity index (χ3v) is 10.7. The van der Waals surface area contributed by atoms with Crippen LogP contribution in [0.3, 0.4) is 0 Å². The Hall–Kier alpha value is -3.12. The average Bonchev–Trinajstić information content (AvgIpc) is 2.98. The molecule has 0 aliphatic carbocycles. The van der Waals surface area contributed by atoms with Crippen LogP contribution in [-0.2, 0) is 4.52 Å². The summed E-state index contributed by atoms with van der Waals surface area (Å²) in [6, 6.07) is 53.9. The highest BCUT2D eigenvalue weighted by Crippen LogP contribution is 2.45. The van der Waals surface area contributed by atoms with Crippen molar-refractivity contribution in [3.63, 3.8) is 0 Å². The van der Waals surface area contributed by atoms with E-state index in [1.807, 2.05) is 0 Å². The van der Waals surface area contributed by atoms with E-state index in [-0.39, 0.29) is 6.04 Å². The Labute approximate surface area is 223 Å². The van der Waals surface area contributed by atoms with Gasteiger partial charge in [0.05, 0.1) is 20.8 Å². The monoisotopic (exact) mass is 519 g/mol. The molecule has 0 aromatic heterocycles. The molecule has 5 aromatic rings. The van der Waals surface area contributed by atoms with Crippen molar-refractivity contribution in [2.45, 2.75) is 6.04 Å². The van der Waals surface area contributed by atoms with Crippen LogP contribution in [0.4, 0.5) is 0 Å². The van der Waals surface area contributed by atoms with Crippen LogP contribution in [-0.4, -0.2) is 18.3 Å². The van der Waals surface area contributed by atoms with Crippen LogP contribution in [0.1, 0.15) is 11.6 Å². The molecule has 184 valence electrons. The molecule has 37 heavy (non-hydrogen) atoms. The van der Waals surface area contributed by atoms with Crippen molar-refractivity contribution < 1.29 is 4.52 Å². The number of benzene rings is 5. The predicted molar refractivity (Wildman–Crippen MR) is 161 cm³/mol. The first-order valence-electron chi connectivity index (χ1n) is 12.5. The molecule has 0 saturated carbocycles. The van der Waals surface area contributed by atoms with Crippen molar-refractivity contribution in [2.24, 2.45) is 0 Å². The molecule has 5 aromatic carbocycles. The summed E-state index contributed by atoms with van der Waals surface area (Å²) in [6.45, 7) is 0.592. The lowest BCUT2D eigenvalue weighted by molar-refractivity contribution is 0.252. The van der Waals surface area contributed by atoms with Gasteiger partial charge in [-0.3, -0.25) is 4.67 Å². The van der Waals surface area contributed by atoms with Crippen LogP contribution in [0.2, 0.25) is 0 Å². The first-order chi connectivity index (χ1) is 18.3. The quantitative estimate of drug-likeness (QED) is 0.189. The molecular weight excluding hydrogens is 488 g/mol. The van der Waals surface area contributed by atoms with E-state index in [9.17, 15) is 0 Å². The highest BCUT2D eigenvalue weighted by molar-refractivity contribution is 7.70. The van der Waals surface area contributed by atoms with Crippen LogP contribution in [0, 0.1) is 0 Å². The van der Waals surface area contributed by atoms with Crippen LogP contribution in [0.25, 0.3) is 0 Å². The standard InChI is InChI=1S/C33H31NOP2/c1-34(36(29-19-9-3-10-20-29)30-21-11-4-12-22-30)33(28-17-7-2-8-18-28)27-35-37(31-23-13-5-14-24-31)32-25-15-6-16-26-32/h2-26,33H,27H2,1H3/t33-/m0/s1. The van der Waals surface area contributed by atoms with Gasteiger partial charge < -0.3 is 4.52 Å². The van der Waals surface area contributed by atoms with Gasteiger partial charge in [0.25, 0.3) is 0 Å². The molecule has 0 bridgehead atoms. The molecule has 1 atom stereocenters. The Morgan fingerprint density at radius 3 is 1.27 bits per heavy atom. The van der Waals surface area contributed by atoms with Gasteiger partial charge in [-0.15, -0.1) is 0 Å². The minimum atomic E-state index is -0.946. The summed E-state index contributed by atoms with van der Waals surface area (Å²) in [6.07, 6.45) is 0. The molecular formula is C33H31NOP2. The maximum absolute atomic E-state index is 6.91. The zero-order valence-corrected chi connectivity index (χ0v) is 22.8. The van der Waals surface area contributed by atoms with Gasteiger partial charge in [-0.1, -0.05) is 152 Å². The highest BCUT2D eigenvalue weighted by Gasteiger charge is 2.28. The lowest BCUT2D eigenvalue weighted by atomic mass is 10.1. The lowest BCUT2D eigenvalue weighted by Crippen LogP contribution is -2.32. The van der Waals surface area contributed by atoms with Crippen molar-refractivity contribution in [1.82, 2.24) is 4.67 Å². The highest BCUT2D eigenvalue weighted by atomic mass is 31.1. The maximum atomic E-state index is 6.91. The maximum Gasteiger partial charge on any atom is 0.0918 e. The second kappa shape index (κ2) is 12.9. The van der Waals surface area contributed by atoms with Gasteiger partial charge in [-0.05, 0) is 23.2 Å². The van der Waals surface area contributed by atoms with E-state index in [2.05, 4.69) is 163 Å². The Morgan fingerprint density at radius 2 is 0.865 bits per heavy atom. The van der Waals surface area contributed by atoms with E-state index in [1.165, 1.54) is 26.8 Å². The normalized spacial score (nSPS) is 12.2. The molecule has 0 heterocycles. The minimum Gasteiger partial charge on any atom is -0.348 e. The van der Waals surface area contributed by atoms with Gasteiger partial charge in [-0.25, -0.2) is 0 Å². The summed E-state index contributed by atoms with van der Waals surface area (Å²) in [5, 5.41) is 5.12. The summed E-state index contributed by atoms with van der Waals surface area (Å²) in [5.41, 5.74) is 1.26. The molecule has 2 nitrogen and oxygen atoms in total. The van der Waals surface area contributed by atoms with E-state index < -0.39 is 16.2 Å². The topological polar surface area (TPSA) is 12.5 Å². The van der Waals surface area contributed by atoms with Crippen LogP contribution in [0.15, 0.2) is 152 Å². The molecule has 0 radical (unpaired) electrons. The van der Waals surface area contributed by atoms with Gasteiger partial charge in [0.15, 0.2) is 0 Å². The van der Waals surface area contributed by atoms with E-state index in [1.54, 1.807) is 0 Å². The number of hydrogen-bond acceptors (Lipinski definition) is 2. The number of nitrogens with zero attached hydrogens (tertiary/aromatic N) is 1. The van der Waals surface area contributed by atoms with E-state index in [0.717, 1.165) is 0 Å². The van der Waals surface area contributed by atoms with E-state index >= 15 is 0 Å². The van der Waals surface area contributed by atoms with Crippen LogP contribution in [0.5, 0.6) is 0 Å². The largest absolute Gasteiger partial charge is 0.348 e. The van der Waals surface area contributed by atoms with Gasteiger partial charge in [0.2, 0.25) is 0 Å². The molecule has 0 amide bonds. The molecule has 0 aliphatic heterocycles. The summed E-state index contributed by atoms with van der Waals surface area (Å²) in [4.78, 5) is 0. The predicted octanol–water partition coefficient (Wildman–Crippen LogP) is 6.77. The second-order valence-corrected chi connectivity index (χ2v) is 12.9. The first kappa shape index (κ1) is 25.5. The third kappa shape index (κ3) is 6.42. The number of hydrogen-bond donors (Lipinski definition) is 0. The Bertz CT molecular complexity index is 1260. The van der Waals surface area contributed by atoms with Crippen molar-refractivity contribution >= 4 is 37.4 Å². The molecule has 5 rings (SSSR count). The summed E-state index contributed by atoms with van der Waals surface area (Å²) < 4.78 is 9.43. The fourth-order valence-electron chi connectivity index (χ4n) is 4.46. The van der Waals surface area contributed by atoms with E-state index in [0.29, 0.717) is 6.61 Å². The Kier molecular flexibility index (Phi) is 8.91. The molecule has 0 unspecified atom stereocenters. The minimum absolute atomic E-state index is 0.0881. The van der Waals surface area contributed by atoms with Crippen LogP contribution >= 0.6 is 16.2 Å². The fraction of sp³-hybridized carbons (Fsp3) is 0.0909. The first-order valence-corrected chi connectivity index (χ1v) is 15.1. The van der Waals surface area contributed by atoms with Crippen molar-refractivity contribution in [3.8, 4) is 0 Å². The number of rotatable bonds is 10. The second-order valence-electron chi connectivity index (χ2n) is 8.74. The Balaban J connectivity index is 1.51. The SMILES string of the molecule is CN([C@@H](COP(c1ccccc1)c1ccccc1)c1ccccc1)P(c1ccccc1)c1ccccc1. The van der Waals surface area contributed by atoms with Crippen molar-refractivity contribution in [1.29, 1.82) is 0 Å². The molecule has 0 N–H and O–H groups in total. The van der Waals surface area contributed by atoms with Gasteiger partial charge in [0, 0.05) is 18.7 Å². The lowest BCUT2D eigenvalue weighted by Gasteiger charge is -2.36. The fourth-order valence-corrected chi connectivity index (χ4v) is 8.64. The molecule has 0 fully saturated rings. The van der Waals surface area contributed by atoms with Crippen molar-refractivity contribution in [3.05, 3.63) is 157 Å². The van der Waals surface area contributed by atoms with Crippen LogP contribution < -0.4 is 21.2 Å². The van der Waals surface area contributed by atoms with Gasteiger partial charge in [0.1, 0.15) is 0 Å². The average molecular weight is 520 g/mol. The van der Waals surface area contributed by atoms with Gasteiger partial charge >= 0.3 is 0 Å². The summed E-state index contributed by atoms with van der Waals surface area (Å²) in [5.74, 6) is 0. The molecule has 0 saturated heterocycles. The van der Waals surface area contributed by atoms with Crippen molar-refractivity contribution in [2.75, 3.05) is 13.7 Å².